The quantitative estimate of drug-likeness (QED) is 0.662. The normalized spacial score (nSPS) is 15.2. The highest BCUT2D eigenvalue weighted by molar-refractivity contribution is 5.96. The summed E-state index contributed by atoms with van der Waals surface area (Å²) in [6.45, 7) is 9.36. The lowest BCUT2D eigenvalue weighted by Gasteiger charge is -2.32. The number of amides is 1. The van der Waals surface area contributed by atoms with Crippen LogP contribution in [0.1, 0.15) is 24.2 Å². The van der Waals surface area contributed by atoms with Crippen LogP contribution in [0.5, 0.6) is 0 Å². The van der Waals surface area contributed by atoms with E-state index in [0.29, 0.717) is 24.6 Å². The van der Waals surface area contributed by atoms with Gasteiger partial charge in [0.25, 0.3) is 5.91 Å². The summed E-state index contributed by atoms with van der Waals surface area (Å²) in [5.74, 6) is 0.687. The number of anilines is 1. The van der Waals surface area contributed by atoms with Gasteiger partial charge in [-0.3, -0.25) is 10.2 Å². The standard InChI is InChI=1S/C24H30N6O/c1-4-29(5-2)23(31)20-8-6-7-18(15-20)19-9-10-22-21(16-19)17-25-24(26-22)27-30-13-11-28(3)12-14-30/h6-10,15-17H,4-5,11-14H2,1-3H3,(H,25,26,27). The van der Waals surface area contributed by atoms with Crippen LogP contribution in [0.3, 0.4) is 0 Å². The molecular weight excluding hydrogens is 388 g/mol. The molecule has 1 amide bonds. The third-order valence-corrected chi connectivity index (χ3v) is 5.83. The number of hydrogen-bond acceptors (Lipinski definition) is 6. The van der Waals surface area contributed by atoms with Gasteiger partial charge in [-0.1, -0.05) is 18.2 Å². The zero-order chi connectivity index (χ0) is 21.8. The average molecular weight is 419 g/mol. The van der Waals surface area contributed by atoms with Crippen LogP contribution >= 0.6 is 0 Å². The molecule has 31 heavy (non-hydrogen) atoms. The third-order valence-electron chi connectivity index (χ3n) is 5.83. The number of piperazine rings is 1. The Hall–Kier alpha value is -3.03. The second-order valence-electron chi connectivity index (χ2n) is 7.93. The lowest BCUT2D eigenvalue weighted by molar-refractivity contribution is 0.0773. The minimum absolute atomic E-state index is 0.0654. The molecule has 4 rings (SSSR count). The highest BCUT2D eigenvalue weighted by Gasteiger charge is 2.15. The molecule has 1 aliphatic rings. The summed E-state index contributed by atoms with van der Waals surface area (Å²) in [6, 6.07) is 14.0. The minimum atomic E-state index is 0.0654. The molecule has 0 bridgehead atoms. The van der Waals surface area contributed by atoms with Crippen LogP contribution in [0.2, 0.25) is 0 Å². The van der Waals surface area contributed by atoms with Gasteiger partial charge in [0.1, 0.15) is 0 Å². The van der Waals surface area contributed by atoms with Gasteiger partial charge in [0.05, 0.1) is 5.52 Å². The highest BCUT2D eigenvalue weighted by atomic mass is 16.2. The molecule has 3 aromatic rings. The Labute approximate surface area is 183 Å². The lowest BCUT2D eigenvalue weighted by Crippen LogP contribution is -2.47. The van der Waals surface area contributed by atoms with E-state index in [-0.39, 0.29) is 5.91 Å². The SMILES string of the molecule is CCN(CC)C(=O)c1cccc(-c2ccc3nc(NN4CCN(C)CC4)ncc3c2)c1. The molecular formula is C24H30N6O. The zero-order valence-corrected chi connectivity index (χ0v) is 18.5. The molecule has 7 heteroatoms. The molecule has 1 N–H and O–H groups in total. The average Bonchev–Trinajstić information content (AvgIpc) is 2.81. The van der Waals surface area contributed by atoms with Gasteiger partial charge >= 0.3 is 0 Å². The number of aromatic nitrogens is 2. The van der Waals surface area contributed by atoms with Crippen molar-refractivity contribution in [3.63, 3.8) is 0 Å². The first-order valence-corrected chi connectivity index (χ1v) is 10.9. The number of rotatable bonds is 6. The van der Waals surface area contributed by atoms with Crippen molar-refractivity contribution >= 4 is 22.8 Å². The number of hydrogen-bond donors (Lipinski definition) is 1. The van der Waals surface area contributed by atoms with Crippen molar-refractivity contribution in [2.24, 2.45) is 0 Å². The van der Waals surface area contributed by atoms with Crippen LogP contribution in [0.25, 0.3) is 22.0 Å². The fourth-order valence-electron chi connectivity index (χ4n) is 3.85. The Bertz CT molecular complexity index is 1060. The van der Waals surface area contributed by atoms with Gasteiger partial charge in [-0.25, -0.2) is 15.0 Å². The van der Waals surface area contributed by atoms with Gasteiger partial charge in [-0.05, 0) is 56.3 Å². The van der Waals surface area contributed by atoms with Gasteiger partial charge in [0.15, 0.2) is 0 Å². The second kappa shape index (κ2) is 9.41. The topological polar surface area (TPSA) is 64.6 Å². The fourth-order valence-corrected chi connectivity index (χ4v) is 3.85. The van der Waals surface area contributed by atoms with E-state index in [4.69, 9.17) is 0 Å². The number of likely N-dealkylation sites (N-methyl/N-ethyl adjacent to an activating group) is 1. The Morgan fingerprint density at radius 1 is 1.03 bits per heavy atom. The summed E-state index contributed by atoms with van der Waals surface area (Å²) in [7, 11) is 2.14. The van der Waals surface area contributed by atoms with Crippen LogP contribution in [-0.2, 0) is 0 Å². The van der Waals surface area contributed by atoms with Crippen molar-refractivity contribution < 1.29 is 4.79 Å². The van der Waals surface area contributed by atoms with E-state index < -0.39 is 0 Å². The van der Waals surface area contributed by atoms with Gasteiger partial charge in [-0.2, -0.15) is 0 Å². The predicted molar refractivity (Wildman–Crippen MR) is 125 cm³/mol. The molecule has 2 aromatic carbocycles. The van der Waals surface area contributed by atoms with E-state index in [0.717, 1.165) is 48.2 Å². The molecule has 0 radical (unpaired) electrons. The predicted octanol–water partition coefficient (Wildman–Crippen LogP) is 3.35. The number of carbonyl (C=O) groups is 1. The lowest BCUT2D eigenvalue weighted by atomic mass is 10.0. The number of nitrogens with zero attached hydrogens (tertiary/aromatic N) is 5. The van der Waals surface area contributed by atoms with Crippen LogP contribution in [-0.4, -0.2) is 77.0 Å². The van der Waals surface area contributed by atoms with E-state index >= 15 is 0 Å². The van der Waals surface area contributed by atoms with Crippen LogP contribution in [0.4, 0.5) is 5.95 Å². The molecule has 2 heterocycles. The second-order valence-corrected chi connectivity index (χ2v) is 7.93. The molecule has 1 aliphatic heterocycles. The van der Waals surface area contributed by atoms with Gasteiger partial charge in [0, 0.05) is 56.4 Å². The summed E-state index contributed by atoms with van der Waals surface area (Å²) >= 11 is 0. The fraction of sp³-hybridized carbons (Fsp3) is 0.375. The minimum Gasteiger partial charge on any atom is -0.339 e. The maximum atomic E-state index is 12.7. The molecule has 1 aromatic heterocycles. The maximum Gasteiger partial charge on any atom is 0.253 e. The Morgan fingerprint density at radius 3 is 2.52 bits per heavy atom. The van der Waals surface area contributed by atoms with Crippen molar-refractivity contribution in [1.29, 1.82) is 0 Å². The van der Waals surface area contributed by atoms with Crippen molar-refractivity contribution in [3.8, 4) is 11.1 Å². The monoisotopic (exact) mass is 418 g/mol. The number of nitrogens with one attached hydrogen (secondary N) is 1. The molecule has 1 saturated heterocycles. The number of hydrazine groups is 1. The van der Waals surface area contributed by atoms with Crippen molar-refractivity contribution in [2.75, 3.05) is 51.7 Å². The molecule has 0 saturated carbocycles. The summed E-state index contributed by atoms with van der Waals surface area (Å²) in [5.41, 5.74) is 6.99. The first-order valence-electron chi connectivity index (χ1n) is 10.9. The van der Waals surface area contributed by atoms with Crippen LogP contribution in [0.15, 0.2) is 48.7 Å². The molecule has 7 nitrogen and oxygen atoms in total. The molecule has 0 unspecified atom stereocenters. The van der Waals surface area contributed by atoms with Crippen molar-refractivity contribution in [2.45, 2.75) is 13.8 Å². The van der Waals surface area contributed by atoms with Crippen molar-refractivity contribution in [3.05, 3.63) is 54.2 Å². The Balaban J connectivity index is 1.54. The molecule has 0 spiro atoms. The van der Waals surface area contributed by atoms with E-state index in [2.05, 4.69) is 44.5 Å². The Kier molecular flexibility index (Phi) is 6.44. The highest BCUT2D eigenvalue weighted by Crippen LogP contribution is 2.25. The summed E-state index contributed by atoms with van der Waals surface area (Å²) in [4.78, 5) is 26.0. The maximum absolute atomic E-state index is 12.7. The molecule has 162 valence electrons. The van der Waals surface area contributed by atoms with Crippen LogP contribution in [0, 0.1) is 0 Å². The zero-order valence-electron chi connectivity index (χ0n) is 18.5. The van der Waals surface area contributed by atoms with E-state index in [1.165, 1.54) is 0 Å². The van der Waals surface area contributed by atoms with Gasteiger partial charge in [-0.15, -0.1) is 0 Å². The smallest absolute Gasteiger partial charge is 0.253 e. The summed E-state index contributed by atoms with van der Waals surface area (Å²) in [6.07, 6.45) is 1.86. The van der Waals surface area contributed by atoms with E-state index in [1.807, 2.05) is 55.3 Å². The number of carbonyl (C=O) groups excluding carboxylic acids is 1. The summed E-state index contributed by atoms with van der Waals surface area (Å²) in [5, 5.41) is 3.13. The van der Waals surface area contributed by atoms with Gasteiger partial charge < -0.3 is 9.80 Å². The van der Waals surface area contributed by atoms with Crippen LogP contribution < -0.4 is 5.43 Å². The first-order chi connectivity index (χ1) is 15.1. The van der Waals surface area contributed by atoms with Crippen molar-refractivity contribution in [1.82, 2.24) is 24.8 Å². The van der Waals surface area contributed by atoms with E-state index in [1.54, 1.807) is 0 Å². The number of fused-ring (bicyclic) bond motifs is 1. The van der Waals surface area contributed by atoms with E-state index in [9.17, 15) is 4.79 Å². The van der Waals surface area contributed by atoms with Gasteiger partial charge in [0.2, 0.25) is 5.95 Å². The molecule has 0 aliphatic carbocycles. The third kappa shape index (κ3) is 4.84. The summed E-state index contributed by atoms with van der Waals surface area (Å²) < 4.78 is 0. The Morgan fingerprint density at radius 2 is 1.77 bits per heavy atom. The first kappa shape index (κ1) is 21.2. The largest absolute Gasteiger partial charge is 0.339 e. The number of benzene rings is 2. The molecule has 1 fully saturated rings. The molecule has 0 atom stereocenters.